The predicted octanol–water partition coefficient (Wildman–Crippen LogP) is 4.91. The van der Waals surface area contributed by atoms with Gasteiger partial charge in [-0.3, -0.25) is 9.59 Å². The van der Waals surface area contributed by atoms with E-state index in [0.717, 1.165) is 34.9 Å². The lowest BCUT2D eigenvalue weighted by molar-refractivity contribution is -0.137. The van der Waals surface area contributed by atoms with Gasteiger partial charge < -0.3 is 10.1 Å². The molecule has 3 aromatic rings. The molecule has 1 heterocycles. The maximum atomic E-state index is 13.1. The first-order chi connectivity index (χ1) is 15.1. The highest BCUT2D eigenvalue weighted by Gasteiger charge is 2.30. The van der Waals surface area contributed by atoms with Gasteiger partial charge in [0.2, 0.25) is 5.43 Å². The van der Waals surface area contributed by atoms with Gasteiger partial charge in [-0.15, -0.1) is 0 Å². The van der Waals surface area contributed by atoms with Crippen molar-refractivity contribution >= 4 is 11.6 Å². The first kappa shape index (κ1) is 23.1. The summed E-state index contributed by atoms with van der Waals surface area (Å²) in [7, 11) is 0. The molecule has 2 aromatic carbocycles. The van der Waals surface area contributed by atoms with Crippen molar-refractivity contribution in [3.63, 3.8) is 0 Å². The summed E-state index contributed by atoms with van der Waals surface area (Å²) in [6.07, 6.45) is -3.77. The van der Waals surface area contributed by atoms with Crippen LogP contribution in [-0.2, 0) is 6.18 Å². The topological polar surface area (TPSA) is 73.2 Å². The Balaban J connectivity index is 1.98. The van der Waals surface area contributed by atoms with Gasteiger partial charge in [-0.05, 0) is 56.2 Å². The molecule has 0 aliphatic heterocycles. The van der Waals surface area contributed by atoms with Gasteiger partial charge in [-0.2, -0.15) is 18.3 Å². The van der Waals surface area contributed by atoms with E-state index >= 15 is 0 Å². The number of aryl methyl sites for hydroxylation is 2. The molecule has 0 unspecified atom stereocenters. The molecule has 1 aromatic heterocycles. The summed E-state index contributed by atoms with van der Waals surface area (Å²) in [6, 6.07) is 10.8. The third kappa shape index (κ3) is 5.16. The molecule has 0 aliphatic rings. The number of carbonyl (C=O) groups is 1. The third-order valence-corrected chi connectivity index (χ3v) is 4.59. The SMILES string of the molecule is CCCOc1cc(C)ccc1NC(=O)c1nn(-c2cccc(C(F)(F)F)c2)c(C)cc1=O. The van der Waals surface area contributed by atoms with Crippen LogP contribution in [0, 0.1) is 13.8 Å². The number of anilines is 1. The van der Waals surface area contributed by atoms with Crippen LogP contribution >= 0.6 is 0 Å². The Labute approximate surface area is 182 Å². The van der Waals surface area contributed by atoms with Crippen LogP contribution in [-0.4, -0.2) is 22.3 Å². The number of halogens is 3. The zero-order valence-electron chi connectivity index (χ0n) is 17.8. The average Bonchev–Trinajstić information content (AvgIpc) is 2.73. The van der Waals surface area contributed by atoms with E-state index < -0.39 is 28.8 Å². The van der Waals surface area contributed by atoms with Gasteiger partial charge in [0.1, 0.15) is 5.75 Å². The smallest absolute Gasteiger partial charge is 0.416 e. The van der Waals surface area contributed by atoms with E-state index in [1.807, 2.05) is 13.8 Å². The number of ether oxygens (including phenoxy) is 1. The first-order valence-electron chi connectivity index (χ1n) is 9.93. The summed E-state index contributed by atoms with van der Waals surface area (Å²) in [5, 5.41) is 6.67. The van der Waals surface area contributed by atoms with Crippen LogP contribution < -0.4 is 15.5 Å². The van der Waals surface area contributed by atoms with E-state index in [0.29, 0.717) is 18.0 Å². The van der Waals surface area contributed by atoms with Crippen molar-refractivity contribution < 1.29 is 22.7 Å². The number of nitrogens with one attached hydrogen (secondary N) is 1. The second-order valence-corrected chi connectivity index (χ2v) is 7.26. The summed E-state index contributed by atoms with van der Waals surface area (Å²) in [4.78, 5) is 25.3. The fraction of sp³-hybridized carbons (Fsp3) is 0.261. The summed E-state index contributed by atoms with van der Waals surface area (Å²) >= 11 is 0. The van der Waals surface area contributed by atoms with Gasteiger partial charge in [-0.1, -0.05) is 19.1 Å². The van der Waals surface area contributed by atoms with Crippen LogP contribution in [0.25, 0.3) is 5.69 Å². The molecule has 1 N–H and O–H groups in total. The Bertz CT molecular complexity index is 1200. The number of nitrogens with zero attached hydrogens (tertiary/aromatic N) is 2. The van der Waals surface area contributed by atoms with Crippen LogP contribution in [0.2, 0.25) is 0 Å². The molecule has 1 amide bonds. The molecule has 0 atom stereocenters. The largest absolute Gasteiger partial charge is 0.491 e. The number of aromatic nitrogens is 2. The quantitative estimate of drug-likeness (QED) is 0.585. The first-order valence-corrected chi connectivity index (χ1v) is 9.93. The van der Waals surface area contributed by atoms with Crippen molar-refractivity contribution in [1.29, 1.82) is 0 Å². The highest BCUT2D eigenvalue weighted by molar-refractivity contribution is 6.03. The van der Waals surface area contributed by atoms with Crippen LogP contribution in [0.15, 0.2) is 53.3 Å². The zero-order valence-corrected chi connectivity index (χ0v) is 17.8. The normalized spacial score (nSPS) is 11.3. The Morgan fingerprint density at radius 2 is 1.88 bits per heavy atom. The Kier molecular flexibility index (Phi) is 6.67. The minimum absolute atomic E-state index is 0.0775. The lowest BCUT2D eigenvalue weighted by Crippen LogP contribution is -2.27. The summed E-state index contributed by atoms with van der Waals surface area (Å²) in [5.74, 6) is -0.341. The molecular formula is C23H22F3N3O3. The van der Waals surface area contributed by atoms with Crippen LogP contribution in [0.3, 0.4) is 0 Å². The Hall–Kier alpha value is -3.62. The molecule has 0 spiro atoms. The molecule has 168 valence electrons. The van der Waals surface area contributed by atoms with Gasteiger partial charge in [-0.25, -0.2) is 4.68 Å². The number of carbonyl (C=O) groups excluding carboxylic acids is 1. The van der Waals surface area contributed by atoms with E-state index in [4.69, 9.17) is 4.74 Å². The van der Waals surface area contributed by atoms with E-state index in [2.05, 4.69) is 10.4 Å². The lowest BCUT2D eigenvalue weighted by Gasteiger charge is -2.15. The highest BCUT2D eigenvalue weighted by Crippen LogP contribution is 2.30. The van der Waals surface area contributed by atoms with Gasteiger partial charge in [0.25, 0.3) is 5.91 Å². The molecule has 0 saturated carbocycles. The molecule has 0 saturated heterocycles. The van der Waals surface area contributed by atoms with Gasteiger partial charge in [0.15, 0.2) is 5.69 Å². The van der Waals surface area contributed by atoms with E-state index in [9.17, 15) is 22.8 Å². The Morgan fingerprint density at radius 3 is 2.56 bits per heavy atom. The molecule has 6 nitrogen and oxygen atoms in total. The third-order valence-electron chi connectivity index (χ3n) is 4.59. The number of rotatable bonds is 6. The second-order valence-electron chi connectivity index (χ2n) is 7.26. The van der Waals surface area contributed by atoms with Crippen LogP contribution in [0.1, 0.15) is 40.7 Å². The van der Waals surface area contributed by atoms with E-state index in [1.165, 1.54) is 19.1 Å². The van der Waals surface area contributed by atoms with Crippen molar-refractivity contribution in [3.05, 3.63) is 81.3 Å². The van der Waals surface area contributed by atoms with Crippen molar-refractivity contribution in [2.75, 3.05) is 11.9 Å². The highest BCUT2D eigenvalue weighted by atomic mass is 19.4. The van der Waals surface area contributed by atoms with Crippen LogP contribution in [0.4, 0.5) is 18.9 Å². The maximum absolute atomic E-state index is 13.1. The minimum atomic E-state index is -4.54. The molecule has 32 heavy (non-hydrogen) atoms. The van der Waals surface area contributed by atoms with E-state index in [-0.39, 0.29) is 11.4 Å². The fourth-order valence-electron chi connectivity index (χ4n) is 3.03. The lowest BCUT2D eigenvalue weighted by atomic mass is 10.2. The van der Waals surface area contributed by atoms with Crippen molar-refractivity contribution in [2.45, 2.75) is 33.4 Å². The number of amides is 1. The number of benzene rings is 2. The monoisotopic (exact) mass is 445 g/mol. The second kappa shape index (κ2) is 9.25. The predicted molar refractivity (Wildman–Crippen MR) is 114 cm³/mol. The average molecular weight is 445 g/mol. The number of hydrogen-bond acceptors (Lipinski definition) is 4. The van der Waals surface area contributed by atoms with Crippen LogP contribution in [0.5, 0.6) is 5.75 Å². The standard InChI is InChI=1S/C23H22F3N3O3/c1-4-10-32-20-11-14(2)8-9-18(20)27-22(31)21-19(30)12-15(3)29(28-21)17-7-5-6-16(13-17)23(24,25)26/h5-9,11-13H,4,10H2,1-3H3,(H,27,31). The summed E-state index contributed by atoms with van der Waals surface area (Å²) in [6.45, 7) is 5.78. The molecule has 0 fully saturated rings. The molecule has 0 radical (unpaired) electrons. The number of hydrogen-bond donors (Lipinski definition) is 1. The van der Waals surface area contributed by atoms with Gasteiger partial charge in [0.05, 0.1) is 23.5 Å². The number of alkyl halides is 3. The Morgan fingerprint density at radius 1 is 1.12 bits per heavy atom. The van der Waals surface area contributed by atoms with E-state index in [1.54, 1.807) is 18.2 Å². The molecule has 0 bridgehead atoms. The van der Waals surface area contributed by atoms with Crippen molar-refractivity contribution in [2.24, 2.45) is 0 Å². The zero-order chi connectivity index (χ0) is 23.5. The molecule has 3 rings (SSSR count). The maximum Gasteiger partial charge on any atom is 0.416 e. The molecule has 9 heteroatoms. The summed E-state index contributed by atoms with van der Waals surface area (Å²) < 4.78 is 46.1. The molecule has 0 aliphatic carbocycles. The fourth-order valence-corrected chi connectivity index (χ4v) is 3.03. The van der Waals surface area contributed by atoms with Crippen molar-refractivity contribution in [1.82, 2.24) is 9.78 Å². The molecular weight excluding hydrogens is 423 g/mol. The van der Waals surface area contributed by atoms with Gasteiger partial charge in [0, 0.05) is 11.8 Å². The summed E-state index contributed by atoms with van der Waals surface area (Å²) in [5.41, 5.74) is -0.308. The van der Waals surface area contributed by atoms with Crippen molar-refractivity contribution in [3.8, 4) is 11.4 Å². The minimum Gasteiger partial charge on any atom is -0.491 e. The van der Waals surface area contributed by atoms with Gasteiger partial charge >= 0.3 is 6.18 Å².